The summed E-state index contributed by atoms with van der Waals surface area (Å²) in [5.74, 6) is 0. The number of hydrogen-bond acceptors (Lipinski definition) is 3. The summed E-state index contributed by atoms with van der Waals surface area (Å²) in [6, 6.07) is 0. The molecule has 0 amide bonds. The van der Waals surface area contributed by atoms with Crippen LogP contribution in [0.25, 0.3) is 0 Å². The molecule has 11 heavy (non-hydrogen) atoms. The van der Waals surface area contributed by atoms with Crippen molar-refractivity contribution in [1.29, 1.82) is 0 Å². The Balaban J connectivity index is 3.68. The van der Waals surface area contributed by atoms with Crippen molar-refractivity contribution >= 4 is 0 Å². The molecule has 0 aliphatic carbocycles. The average molecular weight is 159 g/mol. The van der Waals surface area contributed by atoms with Gasteiger partial charge in [-0.2, -0.15) is 0 Å². The van der Waals surface area contributed by atoms with Crippen LogP contribution >= 0.6 is 0 Å². The maximum Gasteiger partial charge on any atom is 0.124 e. The van der Waals surface area contributed by atoms with Gasteiger partial charge in [-0.15, -0.1) is 0 Å². The molecular weight excluding hydrogens is 142 g/mol. The lowest BCUT2D eigenvalue weighted by molar-refractivity contribution is 0.106. The van der Waals surface area contributed by atoms with E-state index in [4.69, 9.17) is 9.84 Å². The number of nitrogens with one attached hydrogen (secondary N) is 1. The maximum absolute atomic E-state index is 9.15. The SMILES string of the molecule is C=C(NC(O)CC)[C@H](C)OC. The number of rotatable bonds is 5. The van der Waals surface area contributed by atoms with Crippen molar-refractivity contribution in [3.63, 3.8) is 0 Å². The van der Waals surface area contributed by atoms with Crippen LogP contribution in [0.2, 0.25) is 0 Å². The van der Waals surface area contributed by atoms with E-state index in [0.29, 0.717) is 12.1 Å². The smallest absolute Gasteiger partial charge is 0.124 e. The standard InChI is InChI=1S/C8H17NO2/c1-5-8(10)9-6(2)7(3)11-4/h7-10H,2,5H2,1,3-4H3/t7-,8?/m0/s1. The van der Waals surface area contributed by atoms with E-state index in [1.807, 2.05) is 13.8 Å². The molecule has 0 bridgehead atoms. The topological polar surface area (TPSA) is 41.5 Å². The number of aliphatic hydroxyl groups excluding tert-OH is 1. The Hall–Kier alpha value is -0.540. The Kier molecular flexibility index (Phi) is 4.90. The van der Waals surface area contributed by atoms with Gasteiger partial charge in [0.25, 0.3) is 0 Å². The quantitative estimate of drug-likeness (QED) is 0.584. The zero-order valence-corrected chi connectivity index (χ0v) is 7.42. The van der Waals surface area contributed by atoms with Crippen molar-refractivity contribution in [3.8, 4) is 0 Å². The normalized spacial score (nSPS) is 15.6. The number of aliphatic hydroxyl groups is 1. The van der Waals surface area contributed by atoms with E-state index in [0.717, 1.165) is 0 Å². The summed E-state index contributed by atoms with van der Waals surface area (Å²) in [7, 11) is 1.61. The minimum atomic E-state index is -0.514. The van der Waals surface area contributed by atoms with Gasteiger partial charge in [0.2, 0.25) is 0 Å². The lowest BCUT2D eigenvalue weighted by atomic mass is 10.3. The van der Waals surface area contributed by atoms with E-state index in [1.54, 1.807) is 7.11 Å². The van der Waals surface area contributed by atoms with E-state index in [2.05, 4.69) is 11.9 Å². The second-order valence-electron chi connectivity index (χ2n) is 2.47. The summed E-state index contributed by atoms with van der Waals surface area (Å²) in [6.45, 7) is 7.48. The second kappa shape index (κ2) is 5.16. The largest absolute Gasteiger partial charge is 0.376 e. The summed E-state index contributed by atoms with van der Waals surface area (Å²) in [4.78, 5) is 0. The molecule has 0 aromatic rings. The zero-order chi connectivity index (χ0) is 8.85. The van der Waals surface area contributed by atoms with Gasteiger partial charge in [0, 0.05) is 12.8 Å². The minimum absolute atomic E-state index is 0.0591. The van der Waals surface area contributed by atoms with Gasteiger partial charge >= 0.3 is 0 Å². The molecule has 0 saturated carbocycles. The van der Waals surface area contributed by atoms with Crippen molar-refractivity contribution in [2.24, 2.45) is 0 Å². The predicted molar refractivity (Wildman–Crippen MR) is 45.0 cm³/mol. The Labute approximate surface area is 68.1 Å². The highest BCUT2D eigenvalue weighted by molar-refractivity contribution is 4.97. The first-order valence-corrected chi connectivity index (χ1v) is 3.78. The van der Waals surface area contributed by atoms with Crippen LogP contribution in [0.15, 0.2) is 12.3 Å². The molecule has 0 fully saturated rings. The molecule has 66 valence electrons. The molecule has 2 N–H and O–H groups in total. The van der Waals surface area contributed by atoms with Gasteiger partial charge < -0.3 is 15.2 Å². The van der Waals surface area contributed by atoms with Gasteiger partial charge in [0.1, 0.15) is 6.23 Å². The first kappa shape index (κ1) is 10.5. The molecule has 0 aliphatic heterocycles. The molecule has 0 aromatic carbocycles. The number of ether oxygens (including phenoxy) is 1. The second-order valence-corrected chi connectivity index (χ2v) is 2.47. The van der Waals surface area contributed by atoms with Gasteiger partial charge in [-0.1, -0.05) is 13.5 Å². The number of hydrogen-bond donors (Lipinski definition) is 2. The molecule has 0 rings (SSSR count). The van der Waals surface area contributed by atoms with E-state index in [1.165, 1.54) is 0 Å². The fourth-order valence-corrected chi connectivity index (χ4v) is 0.576. The van der Waals surface area contributed by atoms with Crippen LogP contribution in [0.1, 0.15) is 20.3 Å². The third-order valence-corrected chi connectivity index (χ3v) is 1.58. The fourth-order valence-electron chi connectivity index (χ4n) is 0.576. The summed E-state index contributed by atoms with van der Waals surface area (Å²) in [5, 5.41) is 12.0. The Morgan fingerprint density at radius 3 is 2.64 bits per heavy atom. The van der Waals surface area contributed by atoms with Crippen molar-refractivity contribution < 1.29 is 9.84 Å². The Morgan fingerprint density at radius 2 is 2.27 bits per heavy atom. The van der Waals surface area contributed by atoms with Gasteiger partial charge in [0.05, 0.1) is 6.10 Å². The van der Waals surface area contributed by atoms with Crippen LogP contribution in [0, 0.1) is 0 Å². The molecule has 0 aliphatic rings. The van der Waals surface area contributed by atoms with Gasteiger partial charge in [-0.25, -0.2) is 0 Å². The number of methoxy groups -OCH3 is 1. The van der Waals surface area contributed by atoms with E-state index >= 15 is 0 Å². The van der Waals surface area contributed by atoms with Crippen molar-refractivity contribution in [1.82, 2.24) is 5.32 Å². The van der Waals surface area contributed by atoms with Gasteiger partial charge in [-0.3, -0.25) is 0 Å². The molecule has 3 heteroatoms. The Bertz CT molecular complexity index is 125. The summed E-state index contributed by atoms with van der Waals surface area (Å²) >= 11 is 0. The molecular formula is C8H17NO2. The fraction of sp³-hybridized carbons (Fsp3) is 0.750. The third-order valence-electron chi connectivity index (χ3n) is 1.58. The summed E-state index contributed by atoms with van der Waals surface area (Å²) in [5.41, 5.74) is 0.710. The van der Waals surface area contributed by atoms with Crippen LogP contribution in [0.5, 0.6) is 0 Å². The minimum Gasteiger partial charge on any atom is -0.376 e. The predicted octanol–water partition coefficient (Wildman–Crippen LogP) is 0.853. The van der Waals surface area contributed by atoms with E-state index < -0.39 is 6.23 Å². The molecule has 3 nitrogen and oxygen atoms in total. The molecule has 1 unspecified atom stereocenters. The van der Waals surface area contributed by atoms with Gasteiger partial charge in [0.15, 0.2) is 0 Å². The van der Waals surface area contributed by atoms with Crippen LogP contribution in [-0.4, -0.2) is 24.5 Å². The highest BCUT2D eigenvalue weighted by Gasteiger charge is 2.07. The average Bonchev–Trinajstić information content (AvgIpc) is 2.02. The lowest BCUT2D eigenvalue weighted by Gasteiger charge is -2.18. The maximum atomic E-state index is 9.15. The first-order chi connectivity index (χ1) is 5.11. The summed E-state index contributed by atoms with van der Waals surface area (Å²) < 4.78 is 4.98. The highest BCUT2D eigenvalue weighted by atomic mass is 16.5. The third kappa shape index (κ3) is 4.01. The summed E-state index contributed by atoms with van der Waals surface area (Å²) in [6.07, 6.45) is 0.0893. The molecule has 0 saturated heterocycles. The van der Waals surface area contributed by atoms with Crippen LogP contribution in [-0.2, 0) is 4.74 Å². The van der Waals surface area contributed by atoms with E-state index in [9.17, 15) is 0 Å². The van der Waals surface area contributed by atoms with Crippen molar-refractivity contribution in [2.45, 2.75) is 32.6 Å². The molecule has 0 spiro atoms. The molecule has 0 aromatic heterocycles. The lowest BCUT2D eigenvalue weighted by Crippen LogP contribution is -2.31. The Morgan fingerprint density at radius 1 is 1.73 bits per heavy atom. The van der Waals surface area contributed by atoms with Crippen LogP contribution in [0.3, 0.4) is 0 Å². The molecule has 2 atom stereocenters. The monoisotopic (exact) mass is 159 g/mol. The van der Waals surface area contributed by atoms with Crippen LogP contribution in [0.4, 0.5) is 0 Å². The van der Waals surface area contributed by atoms with Crippen molar-refractivity contribution in [3.05, 3.63) is 12.3 Å². The molecule has 0 radical (unpaired) electrons. The zero-order valence-electron chi connectivity index (χ0n) is 7.42. The highest BCUT2D eigenvalue weighted by Crippen LogP contribution is 2.00. The molecule has 0 heterocycles. The van der Waals surface area contributed by atoms with Gasteiger partial charge in [-0.05, 0) is 13.3 Å². The van der Waals surface area contributed by atoms with E-state index in [-0.39, 0.29) is 6.10 Å². The van der Waals surface area contributed by atoms with Crippen molar-refractivity contribution in [2.75, 3.05) is 7.11 Å². The first-order valence-electron chi connectivity index (χ1n) is 3.78. The van der Waals surface area contributed by atoms with Crippen LogP contribution < -0.4 is 5.32 Å².